The molecule has 1 saturated heterocycles. The van der Waals surface area contributed by atoms with Crippen LogP contribution < -0.4 is 19.5 Å². The Morgan fingerprint density at radius 2 is 1.74 bits per heavy atom. The van der Waals surface area contributed by atoms with Crippen molar-refractivity contribution in [3.8, 4) is 17.2 Å². The Morgan fingerprint density at radius 1 is 1.04 bits per heavy atom. The molecule has 0 aliphatic carbocycles. The number of methoxy groups -OCH3 is 3. The topological polar surface area (TPSA) is 60.0 Å². The molecule has 27 heavy (non-hydrogen) atoms. The minimum Gasteiger partial charge on any atom is -0.497 e. The Kier molecular flexibility index (Phi) is 6.19. The first-order valence-electron chi connectivity index (χ1n) is 9.04. The first-order valence-corrected chi connectivity index (χ1v) is 9.04. The normalized spacial score (nSPS) is 16.8. The third kappa shape index (κ3) is 4.52. The van der Waals surface area contributed by atoms with Crippen LogP contribution in [0.1, 0.15) is 24.4 Å². The van der Waals surface area contributed by atoms with E-state index in [0.29, 0.717) is 6.54 Å². The van der Waals surface area contributed by atoms with Gasteiger partial charge in [0, 0.05) is 23.4 Å². The summed E-state index contributed by atoms with van der Waals surface area (Å²) in [5.41, 5.74) is 1.85. The number of likely N-dealkylation sites (tertiary alicyclic amines) is 1. The SMILES string of the molecule is COc1ccc(NC(=O)CN2CCC[C@@H]2c2ccc(OC)cc2OC)cc1. The lowest BCUT2D eigenvalue weighted by molar-refractivity contribution is -0.117. The highest BCUT2D eigenvalue weighted by Crippen LogP contribution is 2.38. The monoisotopic (exact) mass is 370 g/mol. The van der Waals surface area contributed by atoms with Crippen LogP contribution in [0.4, 0.5) is 5.69 Å². The number of amides is 1. The third-order valence-electron chi connectivity index (χ3n) is 4.88. The second kappa shape index (κ2) is 8.77. The van der Waals surface area contributed by atoms with E-state index < -0.39 is 0 Å². The largest absolute Gasteiger partial charge is 0.497 e. The van der Waals surface area contributed by atoms with Crippen LogP contribution in [0.3, 0.4) is 0 Å². The summed E-state index contributed by atoms with van der Waals surface area (Å²) in [4.78, 5) is 14.7. The second-order valence-electron chi connectivity index (χ2n) is 6.51. The maximum atomic E-state index is 12.5. The molecule has 2 aromatic rings. The lowest BCUT2D eigenvalue weighted by atomic mass is 10.0. The predicted octanol–water partition coefficient (Wildman–Crippen LogP) is 3.49. The zero-order chi connectivity index (χ0) is 19.2. The maximum absolute atomic E-state index is 12.5. The van der Waals surface area contributed by atoms with Gasteiger partial charge < -0.3 is 19.5 Å². The molecule has 6 nitrogen and oxygen atoms in total. The fourth-order valence-corrected chi connectivity index (χ4v) is 3.52. The van der Waals surface area contributed by atoms with Gasteiger partial charge in [-0.1, -0.05) is 6.07 Å². The Labute approximate surface area is 160 Å². The van der Waals surface area contributed by atoms with E-state index >= 15 is 0 Å². The van der Waals surface area contributed by atoms with Crippen molar-refractivity contribution in [1.29, 1.82) is 0 Å². The molecule has 2 aromatic carbocycles. The number of hydrogen-bond acceptors (Lipinski definition) is 5. The highest BCUT2D eigenvalue weighted by Gasteiger charge is 2.29. The van der Waals surface area contributed by atoms with Gasteiger partial charge in [-0.15, -0.1) is 0 Å². The van der Waals surface area contributed by atoms with Gasteiger partial charge in [-0.25, -0.2) is 0 Å². The van der Waals surface area contributed by atoms with Crippen molar-refractivity contribution in [2.24, 2.45) is 0 Å². The Balaban J connectivity index is 1.68. The first kappa shape index (κ1) is 19.0. The number of benzene rings is 2. The number of nitrogens with zero attached hydrogens (tertiary/aromatic N) is 1. The molecule has 1 fully saturated rings. The molecule has 1 aliphatic heterocycles. The molecule has 0 saturated carbocycles. The smallest absolute Gasteiger partial charge is 0.238 e. The molecule has 0 bridgehead atoms. The van der Waals surface area contributed by atoms with Gasteiger partial charge >= 0.3 is 0 Å². The summed E-state index contributed by atoms with van der Waals surface area (Å²) < 4.78 is 16.0. The molecule has 6 heteroatoms. The van der Waals surface area contributed by atoms with Crippen LogP contribution in [-0.2, 0) is 4.79 Å². The number of ether oxygens (including phenoxy) is 3. The Morgan fingerprint density at radius 3 is 2.41 bits per heavy atom. The molecule has 0 unspecified atom stereocenters. The van der Waals surface area contributed by atoms with E-state index in [2.05, 4.69) is 10.2 Å². The maximum Gasteiger partial charge on any atom is 0.238 e. The van der Waals surface area contributed by atoms with Crippen molar-refractivity contribution in [3.63, 3.8) is 0 Å². The molecule has 0 aromatic heterocycles. The average Bonchev–Trinajstić information content (AvgIpc) is 3.15. The quantitative estimate of drug-likeness (QED) is 0.808. The summed E-state index contributed by atoms with van der Waals surface area (Å²) in [5, 5.41) is 2.95. The summed E-state index contributed by atoms with van der Waals surface area (Å²) in [6.07, 6.45) is 2.05. The van der Waals surface area contributed by atoms with Crippen molar-refractivity contribution in [2.75, 3.05) is 39.7 Å². The van der Waals surface area contributed by atoms with E-state index in [9.17, 15) is 4.79 Å². The zero-order valence-electron chi connectivity index (χ0n) is 16.0. The highest BCUT2D eigenvalue weighted by molar-refractivity contribution is 5.92. The molecule has 0 spiro atoms. The van der Waals surface area contributed by atoms with Gasteiger partial charge in [0.2, 0.25) is 5.91 Å². The van der Waals surface area contributed by atoms with E-state index in [1.54, 1.807) is 21.3 Å². The molecular weight excluding hydrogens is 344 g/mol. The van der Waals surface area contributed by atoms with Crippen molar-refractivity contribution in [3.05, 3.63) is 48.0 Å². The third-order valence-corrected chi connectivity index (χ3v) is 4.88. The van der Waals surface area contributed by atoms with Crippen molar-refractivity contribution in [2.45, 2.75) is 18.9 Å². The number of anilines is 1. The minimum absolute atomic E-state index is 0.0282. The lowest BCUT2D eigenvalue weighted by Crippen LogP contribution is -2.33. The van der Waals surface area contributed by atoms with Crippen molar-refractivity contribution >= 4 is 11.6 Å². The number of nitrogens with one attached hydrogen (secondary N) is 1. The van der Waals surface area contributed by atoms with Crippen molar-refractivity contribution < 1.29 is 19.0 Å². The van der Waals surface area contributed by atoms with Crippen LogP contribution >= 0.6 is 0 Å². The van der Waals surface area contributed by atoms with Gasteiger partial charge in [0.15, 0.2) is 0 Å². The average molecular weight is 370 g/mol. The predicted molar refractivity (Wildman–Crippen MR) is 105 cm³/mol. The van der Waals surface area contributed by atoms with Crippen LogP contribution in [0.25, 0.3) is 0 Å². The molecule has 1 heterocycles. The van der Waals surface area contributed by atoms with Gasteiger partial charge in [-0.2, -0.15) is 0 Å². The number of hydrogen-bond donors (Lipinski definition) is 1. The number of carbonyl (C=O) groups excluding carboxylic acids is 1. The van der Waals surface area contributed by atoms with E-state index in [1.807, 2.05) is 42.5 Å². The van der Waals surface area contributed by atoms with E-state index in [-0.39, 0.29) is 11.9 Å². The molecular formula is C21H26N2O4. The van der Waals surface area contributed by atoms with Crippen molar-refractivity contribution in [1.82, 2.24) is 4.90 Å². The summed E-state index contributed by atoms with van der Waals surface area (Å²) in [7, 11) is 4.92. The number of carbonyl (C=O) groups is 1. The van der Waals surface area contributed by atoms with Crippen LogP contribution in [-0.4, -0.2) is 45.2 Å². The molecule has 1 aliphatic rings. The van der Waals surface area contributed by atoms with Crippen LogP contribution in [0.5, 0.6) is 17.2 Å². The lowest BCUT2D eigenvalue weighted by Gasteiger charge is -2.26. The van der Waals surface area contributed by atoms with Gasteiger partial charge in [0.05, 0.1) is 27.9 Å². The standard InChI is InChI=1S/C21H26N2O4/c1-25-16-8-6-15(7-9-16)22-21(24)14-23-12-4-5-19(23)18-11-10-17(26-2)13-20(18)27-3/h6-11,13,19H,4-5,12,14H2,1-3H3,(H,22,24)/t19-/m1/s1. The molecule has 1 N–H and O–H groups in total. The van der Waals surface area contributed by atoms with Gasteiger partial charge in [0.25, 0.3) is 0 Å². The van der Waals surface area contributed by atoms with Gasteiger partial charge in [0.1, 0.15) is 17.2 Å². The molecule has 144 valence electrons. The summed E-state index contributed by atoms with van der Waals surface area (Å²) in [5.74, 6) is 2.29. The number of rotatable bonds is 7. The fraction of sp³-hybridized carbons (Fsp3) is 0.381. The van der Waals surface area contributed by atoms with E-state index in [1.165, 1.54) is 0 Å². The highest BCUT2D eigenvalue weighted by atomic mass is 16.5. The molecule has 3 rings (SSSR count). The van der Waals surface area contributed by atoms with Gasteiger partial charge in [-0.3, -0.25) is 9.69 Å². The van der Waals surface area contributed by atoms with Gasteiger partial charge in [-0.05, 0) is 49.7 Å². The Hall–Kier alpha value is -2.73. The van der Waals surface area contributed by atoms with E-state index in [4.69, 9.17) is 14.2 Å². The molecule has 1 amide bonds. The van der Waals surface area contributed by atoms with Crippen LogP contribution in [0.15, 0.2) is 42.5 Å². The van der Waals surface area contributed by atoms with Crippen LogP contribution in [0, 0.1) is 0 Å². The first-order chi connectivity index (χ1) is 13.1. The minimum atomic E-state index is -0.0282. The molecule has 1 atom stereocenters. The summed E-state index contributed by atoms with van der Waals surface area (Å²) >= 11 is 0. The Bertz CT molecular complexity index is 776. The second-order valence-corrected chi connectivity index (χ2v) is 6.51. The van der Waals surface area contributed by atoms with Crippen LogP contribution in [0.2, 0.25) is 0 Å². The molecule has 0 radical (unpaired) electrons. The zero-order valence-corrected chi connectivity index (χ0v) is 16.0. The fourth-order valence-electron chi connectivity index (χ4n) is 3.52. The van der Waals surface area contributed by atoms with E-state index in [0.717, 1.165) is 47.9 Å². The summed E-state index contributed by atoms with van der Waals surface area (Å²) in [6, 6.07) is 13.4. The summed E-state index contributed by atoms with van der Waals surface area (Å²) in [6.45, 7) is 1.22.